The standard InChI is InChI=1S/C21H25N3O2/c1-21(2)14-25-20(26-15-21)13-24-12-19(22-23-24)9-8-16-4-3-5-18(10-16)11-17-6-7-17/h3-5,10,12,17,20H,6-7,11,13-15H2,1-2H3. The van der Waals surface area contributed by atoms with Crippen LogP contribution < -0.4 is 0 Å². The number of aromatic nitrogens is 3. The quantitative estimate of drug-likeness (QED) is 0.795. The van der Waals surface area contributed by atoms with E-state index in [2.05, 4.69) is 54.2 Å². The fraction of sp³-hybridized carbons (Fsp3) is 0.524. The summed E-state index contributed by atoms with van der Waals surface area (Å²) in [5.74, 6) is 7.18. The number of hydrogen-bond donors (Lipinski definition) is 0. The van der Waals surface area contributed by atoms with Crippen molar-refractivity contribution in [2.45, 2.75) is 45.9 Å². The fourth-order valence-corrected chi connectivity index (χ4v) is 3.00. The summed E-state index contributed by atoms with van der Waals surface area (Å²) in [7, 11) is 0. The first-order valence-electron chi connectivity index (χ1n) is 9.30. The van der Waals surface area contributed by atoms with Crippen molar-refractivity contribution < 1.29 is 9.47 Å². The summed E-state index contributed by atoms with van der Waals surface area (Å²) in [5.41, 5.74) is 3.13. The predicted octanol–water partition coefficient (Wildman–Crippen LogP) is 3.03. The molecule has 0 spiro atoms. The van der Waals surface area contributed by atoms with Crippen LogP contribution in [0.1, 0.15) is 43.5 Å². The summed E-state index contributed by atoms with van der Waals surface area (Å²) in [6, 6.07) is 8.49. The van der Waals surface area contributed by atoms with Crippen LogP contribution >= 0.6 is 0 Å². The zero-order valence-electron chi connectivity index (χ0n) is 15.4. The molecule has 1 saturated heterocycles. The minimum atomic E-state index is -0.273. The normalized spacial score (nSPS) is 19.8. The Balaban J connectivity index is 1.36. The molecule has 5 heteroatoms. The second kappa shape index (κ2) is 7.22. The van der Waals surface area contributed by atoms with Crippen LogP contribution in [-0.4, -0.2) is 34.5 Å². The SMILES string of the molecule is CC1(C)COC(Cn2cc(C#Cc3cccc(CC4CC4)c3)nn2)OC1. The minimum absolute atomic E-state index is 0.0730. The van der Waals surface area contributed by atoms with Crippen molar-refractivity contribution in [3.63, 3.8) is 0 Å². The van der Waals surface area contributed by atoms with Gasteiger partial charge in [0.15, 0.2) is 12.0 Å². The average molecular weight is 351 g/mol. The molecular weight excluding hydrogens is 326 g/mol. The molecule has 26 heavy (non-hydrogen) atoms. The monoisotopic (exact) mass is 351 g/mol. The largest absolute Gasteiger partial charge is 0.350 e. The predicted molar refractivity (Wildman–Crippen MR) is 98.3 cm³/mol. The van der Waals surface area contributed by atoms with Gasteiger partial charge in [-0.05, 0) is 48.8 Å². The minimum Gasteiger partial charge on any atom is -0.350 e. The van der Waals surface area contributed by atoms with Crippen molar-refractivity contribution in [1.29, 1.82) is 0 Å². The van der Waals surface area contributed by atoms with E-state index in [1.54, 1.807) is 4.68 Å². The molecule has 0 unspecified atom stereocenters. The van der Waals surface area contributed by atoms with E-state index in [0.717, 1.165) is 11.5 Å². The van der Waals surface area contributed by atoms with Crippen LogP contribution in [0.3, 0.4) is 0 Å². The lowest BCUT2D eigenvalue weighted by Crippen LogP contribution is -2.39. The van der Waals surface area contributed by atoms with Crippen LogP contribution in [0, 0.1) is 23.2 Å². The molecule has 0 atom stereocenters. The van der Waals surface area contributed by atoms with Gasteiger partial charge in [-0.1, -0.05) is 37.1 Å². The molecule has 4 rings (SSSR count). The van der Waals surface area contributed by atoms with Crippen molar-refractivity contribution in [1.82, 2.24) is 15.0 Å². The van der Waals surface area contributed by atoms with Crippen LogP contribution in [0.25, 0.3) is 0 Å². The van der Waals surface area contributed by atoms with Gasteiger partial charge < -0.3 is 9.47 Å². The van der Waals surface area contributed by atoms with Crippen LogP contribution in [0.15, 0.2) is 30.5 Å². The highest BCUT2D eigenvalue weighted by atomic mass is 16.7. The molecule has 0 radical (unpaired) electrons. The van der Waals surface area contributed by atoms with E-state index in [0.29, 0.717) is 25.5 Å². The first-order valence-corrected chi connectivity index (χ1v) is 9.30. The molecule has 2 heterocycles. The van der Waals surface area contributed by atoms with Gasteiger partial charge in [0.25, 0.3) is 0 Å². The molecule has 1 aliphatic carbocycles. The van der Waals surface area contributed by atoms with Gasteiger partial charge in [0.05, 0.1) is 26.0 Å². The maximum atomic E-state index is 5.74. The van der Waals surface area contributed by atoms with Crippen molar-refractivity contribution >= 4 is 0 Å². The Labute approximate surface area is 154 Å². The molecule has 136 valence electrons. The lowest BCUT2D eigenvalue weighted by molar-refractivity contribution is -0.227. The summed E-state index contributed by atoms with van der Waals surface area (Å²) < 4.78 is 13.2. The van der Waals surface area contributed by atoms with Gasteiger partial charge in [-0.3, -0.25) is 0 Å². The summed E-state index contributed by atoms with van der Waals surface area (Å²) in [6.45, 7) is 6.17. The lowest BCUT2D eigenvalue weighted by Gasteiger charge is -2.34. The highest BCUT2D eigenvalue weighted by molar-refractivity contribution is 5.41. The molecule has 2 aromatic rings. The summed E-state index contributed by atoms with van der Waals surface area (Å²) in [5, 5.41) is 8.26. The Bertz CT molecular complexity index is 817. The Kier molecular flexibility index (Phi) is 4.80. The number of hydrogen-bond acceptors (Lipinski definition) is 4. The molecule has 1 aromatic heterocycles. The first-order chi connectivity index (χ1) is 12.6. The Hall–Kier alpha value is -2.16. The first kappa shape index (κ1) is 17.3. The molecule has 0 bridgehead atoms. The van der Waals surface area contributed by atoms with Crippen LogP contribution in [0.2, 0.25) is 0 Å². The van der Waals surface area contributed by atoms with Crippen LogP contribution in [-0.2, 0) is 22.4 Å². The number of rotatable bonds is 4. The van der Waals surface area contributed by atoms with Gasteiger partial charge in [-0.25, -0.2) is 4.68 Å². The topological polar surface area (TPSA) is 49.2 Å². The second-order valence-corrected chi connectivity index (χ2v) is 8.14. The highest BCUT2D eigenvalue weighted by Gasteiger charge is 2.28. The zero-order valence-corrected chi connectivity index (χ0v) is 15.4. The highest BCUT2D eigenvalue weighted by Crippen LogP contribution is 2.32. The second-order valence-electron chi connectivity index (χ2n) is 8.14. The van der Waals surface area contributed by atoms with E-state index in [-0.39, 0.29) is 11.7 Å². The molecule has 2 fully saturated rings. The van der Waals surface area contributed by atoms with Gasteiger partial charge >= 0.3 is 0 Å². The third-order valence-electron chi connectivity index (χ3n) is 4.68. The summed E-state index contributed by atoms with van der Waals surface area (Å²) in [6.07, 6.45) is 5.47. The average Bonchev–Trinajstić information content (AvgIpc) is 3.32. The van der Waals surface area contributed by atoms with Crippen molar-refractivity contribution in [3.05, 3.63) is 47.3 Å². The lowest BCUT2D eigenvalue weighted by atomic mass is 9.96. The van der Waals surface area contributed by atoms with E-state index in [4.69, 9.17) is 9.47 Å². The maximum absolute atomic E-state index is 5.74. The maximum Gasteiger partial charge on any atom is 0.177 e. The van der Waals surface area contributed by atoms with Crippen molar-refractivity contribution in [3.8, 4) is 11.8 Å². The number of ether oxygens (including phenoxy) is 2. The molecule has 2 aliphatic rings. The Morgan fingerprint density at radius 3 is 2.77 bits per heavy atom. The third kappa shape index (κ3) is 4.72. The Morgan fingerprint density at radius 2 is 2.00 bits per heavy atom. The number of benzene rings is 1. The van der Waals surface area contributed by atoms with E-state index in [1.165, 1.54) is 24.8 Å². The molecule has 0 N–H and O–H groups in total. The van der Waals surface area contributed by atoms with Gasteiger partial charge in [0, 0.05) is 11.0 Å². The van der Waals surface area contributed by atoms with E-state index in [9.17, 15) is 0 Å². The van der Waals surface area contributed by atoms with Crippen LogP contribution in [0.5, 0.6) is 0 Å². The summed E-state index contributed by atoms with van der Waals surface area (Å²) in [4.78, 5) is 0. The van der Waals surface area contributed by atoms with Gasteiger partial charge in [0.2, 0.25) is 0 Å². The molecule has 1 aromatic carbocycles. The van der Waals surface area contributed by atoms with E-state index in [1.807, 2.05) is 12.3 Å². The van der Waals surface area contributed by atoms with Crippen molar-refractivity contribution in [2.75, 3.05) is 13.2 Å². The van der Waals surface area contributed by atoms with Gasteiger partial charge in [-0.2, -0.15) is 0 Å². The van der Waals surface area contributed by atoms with Gasteiger partial charge in [0.1, 0.15) is 0 Å². The molecule has 1 saturated carbocycles. The third-order valence-corrected chi connectivity index (χ3v) is 4.68. The molecule has 0 amide bonds. The fourth-order valence-electron chi connectivity index (χ4n) is 3.00. The summed E-state index contributed by atoms with van der Waals surface area (Å²) >= 11 is 0. The van der Waals surface area contributed by atoms with E-state index >= 15 is 0 Å². The Morgan fingerprint density at radius 1 is 1.19 bits per heavy atom. The molecule has 5 nitrogen and oxygen atoms in total. The van der Waals surface area contributed by atoms with E-state index < -0.39 is 0 Å². The molecular formula is C21H25N3O2. The van der Waals surface area contributed by atoms with Crippen molar-refractivity contribution in [2.24, 2.45) is 11.3 Å². The zero-order chi connectivity index (χ0) is 18.0. The smallest absolute Gasteiger partial charge is 0.177 e. The number of nitrogens with zero attached hydrogens (tertiary/aromatic N) is 3. The molecule has 1 aliphatic heterocycles. The van der Waals surface area contributed by atoms with Crippen LogP contribution in [0.4, 0.5) is 0 Å². The van der Waals surface area contributed by atoms with Gasteiger partial charge in [-0.15, -0.1) is 5.10 Å².